The van der Waals surface area contributed by atoms with Crippen molar-refractivity contribution in [2.24, 2.45) is 0 Å². The van der Waals surface area contributed by atoms with Gasteiger partial charge in [0.1, 0.15) is 24.4 Å². The van der Waals surface area contributed by atoms with Gasteiger partial charge in [0.05, 0.1) is 0 Å². The number of esters is 2. The van der Waals surface area contributed by atoms with Crippen LogP contribution < -0.4 is 0 Å². The zero-order chi connectivity index (χ0) is 14.7. The number of rotatable bonds is 2. The van der Waals surface area contributed by atoms with Crippen LogP contribution in [0.1, 0.15) is 20.3 Å². The molecule has 0 spiro atoms. The fraction of sp³-hybridized carbons (Fsp3) is 0.571. The Morgan fingerprint density at radius 2 is 2.25 bits per heavy atom. The summed E-state index contributed by atoms with van der Waals surface area (Å²) < 4.78 is 15.5. The summed E-state index contributed by atoms with van der Waals surface area (Å²) in [5, 5.41) is 10.0. The van der Waals surface area contributed by atoms with Gasteiger partial charge in [-0.05, 0) is 13.8 Å². The molecule has 0 aliphatic carbocycles. The third kappa shape index (κ3) is 3.68. The van der Waals surface area contributed by atoms with Crippen LogP contribution in [0.5, 0.6) is 0 Å². The summed E-state index contributed by atoms with van der Waals surface area (Å²) in [6.07, 6.45) is 2.96. The first-order valence-electron chi connectivity index (χ1n) is 6.57. The average Bonchev–Trinajstić information content (AvgIpc) is 3.14. The Kier molecular flexibility index (Phi) is 4.57. The standard InChI is InChI=1S/C14H18O6/c1-3-4-12(16)19-11-7-8(2)18-14(17)13-10(20-13)6-5-9(11)15/h3-6,8-11,13,15H,7H2,1-2H3/b4-3+,6-5-/t8-,9+,10+,11-,13-/m1/s1. The molecule has 0 unspecified atom stereocenters. The second-order valence-corrected chi connectivity index (χ2v) is 4.86. The molecule has 0 aromatic heterocycles. The van der Waals surface area contributed by atoms with Gasteiger partial charge in [0.25, 0.3) is 0 Å². The molecule has 0 amide bonds. The monoisotopic (exact) mass is 282 g/mol. The van der Waals surface area contributed by atoms with Gasteiger partial charge >= 0.3 is 11.9 Å². The second kappa shape index (κ2) is 6.19. The van der Waals surface area contributed by atoms with Crippen LogP contribution in [0, 0.1) is 0 Å². The molecular formula is C14H18O6. The number of aliphatic hydroxyl groups is 1. The molecule has 0 aromatic rings. The lowest BCUT2D eigenvalue weighted by Gasteiger charge is -2.24. The Labute approximate surface area is 117 Å². The van der Waals surface area contributed by atoms with E-state index in [1.807, 2.05) is 0 Å². The quantitative estimate of drug-likeness (QED) is 0.343. The number of fused-ring (bicyclic) bond motifs is 1. The topological polar surface area (TPSA) is 85.4 Å². The van der Waals surface area contributed by atoms with Crippen molar-refractivity contribution in [3.8, 4) is 0 Å². The molecule has 1 fully saturated rings. The summed E-state index contributed by atoms with van der Waals surface area (Å²) in [6, 6.07) is 0. The van der Waals surface area contributed by atoms with Gasteiger partial charge in [-0.3, -0.25) is 0 Å². The zero-order valence-electron chi connectivity index (χ0n) is 11.4. The summed E-state index contributed by atoms with van der Waals surface area (Å²) >= 11 is 0. The lowest BCUT2D eigenvalue weighted by molar-refractivity contribution is -0.156. The second-order valence-electron chi connectivity index (χ2n) is 4.86. The molecule has 6 heteroatoms. The summed E-state index contributed by atoms with van der Waals surface area (Å²) in [4.78, 5) is 23.1. The first-order valence-corrected chi connectivity index (χ1v) is 6.57. The smallest absolute Gasteiger partial charge is 0.338 e. The van der Waals surface area contributed by atoms with Gasteiger partial charge in [0, 0.05) is 12.5 Å². The molecule has 6 nitrogen and oxygen atoms in total. The van der Waals surface area contributed by atoms with Crippen LogP contribution in [-0.4, -0.2) is 47.6 Å². The maximum Gasteiger partial charge on any atom is 0.338 e. The number of ether oxygens (including phenoxy) is 3. The number of aliphatic hydroxyl groups excluding tert-OH is 1. The minimum atomic E-state index is -0.965. The highest BCUT2D eigenvalue weighted by atomic mass is 16.6. The highest BCUT2D eigenvalue weighted by Gasteiger charge is 2.46. The van der Waals surface area contributed by atoms with Crippen molar-refractivity contribution in [2.45, 2.75) is 50.8 Å². The Morgan fingerprint density at radius 3 is 2.95 bits per heavy atom. The van der Waals surface area contributed by atoms with Crippen LogP contribution in [-0.2, 0) is 23.8 Å². The predicted octanol–water partition coefficient (Wildman–Crippen LogP) is 0.494. The molecule has 2 heterocycles. The molecule has 0 saturated carbocycles. The minimum absolute atomic E-state index is 0.220. The predicted molar refractivity (Wildman–Crippen MR) is 68.7 cm³/mol. The van der Waals surface area contributed by atoms with Crippen molar-refractivity contribution >= 4 is 11.9 Å². The van der Waals surface area contributed by atoms with E-state index in [-0.39, 0.29) is 12.5 Å². The zero-order valence-corrected chi connectivity index (χ0v) is 11.4. The first kappa shape index (κ1) is 14.7. The van der Waals surface area contributed by atoms with E-state index >= 15 is 0 Å². The molecule has 110 valence electrons. The van der Waals surface area contributed by atoms with E-state index in [1.54, 1.807) is 26.0 Å². The summed E-state index contributed by atoms with van der Waals surface area (Å²) in [7, 11) is 0. The van der Waals surface area contributed by atoms with Crippen molar-refractivity contribution in [3.05, 3.63) is 24.3 Å². The lowest BCUT2D eigenvalue weighted by atomic mass is 10.1. The van der Waals surface area contributed by atoms with Gasteiger partial charge < -0.3 is 19.3 Å². The van der Waals surface area contributed by atoms with E-state index in [2.05, 4.69) is 0 Å². The fourth-order valence-electron chi connectivity index (χ4n) is 2.03. The molecular weight excluding hydrogens is 264 g/mol. The number of cyclic esters (lactones) is 1. The number of hydrogen-bond acceptors (Lipinski definition) is 6. The van der Waals surface area contributed by atoms with Gasteiger partial charge in [-0.15, -0.1) is 0 Å². The Balaban J connectivity index is 2.08. The van der Waals surface area contributed by atoms with E-state index in [0.717, 1.165) is 0 Å². The van der Waals surface area contributed by atoms with E-state index in [9.17, 15) is 14.7 Å². The van der Waals surface area contributed by atoms with Crippen molar-refractivity contribution in [1.29, 1.82) is 0 Å². The van der Waals surface area contributed by atoms with Crippen LogP contribution in [0.15, 0.2) is 24.3 Å². The number of carbonyl (C=O) groups excluding carboxylic acids is 2. The summed E-state index contributed by atoms with van der Waals surface area (Å²) in [5.74, 6) is -0.969. The van der Waals surface area contributed by atoms with Crippen LogP contribution in [0.3, 0.4) is 0 Å². The van der Waals surface area contributed by atoms with E-state index in [1.165, 1.54) is 12.2 Å². The van der Waals surface area contributed by atoms with Crippen molar-refractivity contribution in [2.75, 3.05) is 0 Å². The van der Waals surface area contributed by atoms with Gasteiger partial charge in [-0.1, -0.05) is 18.2 Å². The minimum Gasteiger partial charge on any atom is -0.461 e. The van der Waals surface area contributed by atoms with Crippen molar-refractivity contribution < 1.29 is 28.9 Å². The van der Waals surface area contributed by atoms with E-state index in [4.69, 9.17) is 14.2 Å². The van der Waals surface area contributed by atoms with E-state index in [0.29, 0.717) is 0 Å². The SMILES string of the molecule is C/C=C/C(=O)O[C@@H]1C[C@@H](C)OC(=O)[C@@H]2O[C@H]2/C=C\[C@@H]1O. The van der Waals surface area contributed by atoms with Crippen LogP contribution in [0.2, 0.25) is 0 Å². The third-order valence-corrected chi connectivity index (χ3v) is 3.09. The lowest BCUT2D eigenvalue weighted by Crippen LogP contribution is -2.35. The molecule has 0 bridgehead atoms. The van der Waals surface area contributed by atoms with Gasteiger partial charge in [0.2, 0.25) is 0 Å². The number of hydrogen-bond donors (Lipinski definition) is 1. The van der Waals surface area contributed by atoms with Gasteiger partial charge in [0.15, 0.2) is 6.10 Å². The van der Waals surface area contributed by atoms with E-state index < -0.39 is 36.4 Å². The van der Waals surface area contributed by atoms with Crippen LogP contribution in [0.4, 0.5) is 0 Å². The summed E-state index contributed by atoms with van der Waals surface area (Å²) in [5.41, 5.74) is 0. The summed E-state index contributed by atoms with van der Waals surface area (Å²) in [6.45, 7) is 3.38. The Bertz CT molecular complexity index is 441. The Hall–Kier alpha value is -1.66. The normalized spacial score (nSPS) is 38.8. The molecule has 0 aromatic carbocycles. The molecule has 20 heavy (non-hydrogen) atoms. The van der Waals surface area contributed by atoms with Crippen molar-refractivity contribution in [1.82, 2.24) is 0 Å². The molecule has 2 rings (SSSR count). The average molecular weight is 282 g/mol. The number of carbonyl (C=O) groups is 2. The highest BCUT2D eigenvalue weighted by Crippen LogP contribution is 2.27. The molecule has 2 aliphatic rings. The number of allylic oxidation sites excluding steroid dienone is 1. The maximum atomic E-state index is 11.6. The van der Waals surface area contributed by atoms with Crippen LogP contribution >= 0.6 is 0 Å². The van der Waals surface area contributed by atoms with Crippen LogP contribution in [0.25, 0.3) is 0 Å². The fourth-order valence-corrected chi connectivity index (χ4v) is 2.03. The molecule has 1 saturated heterocycles. The largest absolute Gasteiger partial charge is 0.461 e. The first-order chi connectivity index (χ1) is 9.51. The van der Waals surface area contributed by atoms with Gasteiger partial charge in [-0.2, -0.15) is 0 Å². The van der Waals surface area contributed by atoms with Gasteiger partial charge in [-0.25, -0.2) is 9.59 Å². The Morgan fingerprint density at radius 1 is 1.50 bits per heavy atom. The number of epoxide rings is 1. The third-order valence-electron chi connectivity index (χ3n) is 3.09. The molecule has 2 aliphatic heterocycles. The highest BCUT2D eigenvalue weighted by molar-refractivity contribution is 5.82. The molecule has 5 atom stereocenters. The maximum absolute atomic E-state index is 11.6. The molecule has 1 N–H and O–H groups in total. The molecule has 0 radical (unpaired) electrons. The van der Waals surface area contributed by atoms with Crippen molar-refractivity contribution in [3.63, 3.8) is 0 Å².